The van der Waals surface area contributed by atoms with E-state index in [-0.39, 0.29) is 6.17 Å². The van der Waals surface area contributed by atoms with E-state index >= 15 is 0 Å². The second-order valence-electron chi connectivity index (χ2n) is 3.24. The predicted molar refractivity (Wildman–Crippen MR) is 48.1 cm³/mol. The lowest BCUT2D eigenvalue weighted by Gasteiger charge is -2.22. The second-order valence-corrected chi connectivity index (χ2v) is 3.58. The van der Waals surface area contributed by atoms with E-state index in [2.05, 4.69) is 4.98 Å². The van der Waals surface area contributed by atoms with Gasteiger partial charge in [-0.2, -0.15) is 0 Å². The smallest absolute Gasteiger partial charge is 0.204 e. The fraction of sp³-hybridized carbons (Fsp3) is 0.625. The lowest BCUT2D eigenvalue weighted by molar-refractivity contribution is 0.413. The lowest BCUT2D eigenvalue weighted by Crippen LogP contribution is -2.24. The molecular formula is C8H12ClN3. The molecule has 0 bridgehead atoms. The van der Waals surface area contributed by atoms with Crippen LogP contribution in [0.15, 0.2) is 0 Å². The monoisotopic (exact) mass is 185 g/mol. The summed E-state index contributed by atoms with van der Waals surface area (Å²) in [5.41, 5.74) is 8.13. The molecule has 2 rings (SSSR count). The number of nitrogens with two attached hydrogens (primary N) is 1. The van der Waals surface area contributed by atoms with Crippen molar-refractivity contribution in [2.75, 3.05) is 0 Å². The third-order valence-corrected chi connectivity index (χ3v) is 2.68. The molecule has 0 aromatic carbocycles. The quantitative estimate of drug-likeness (QED) is 0.668. The summed E-state index contributed by atoms with van der Waals surface area (Å²) >= 11 is 5.93. The SMILES string of the molecule is Cc1nc(Cl)n2c1CCCC2N. The molecular weight excluding hydrogens is 174 g/mol. The summed E-state index contributed by atoms with van der Waals surface area (Å²) in [6, 6.07) is 0. The molecule has 0 aliphatic carbocycles. The maximum atomic E-state index is 5.93. The zero-order valence-corrected chi connectivity index (χ0v) is 7.80. The summed E-state index contributed by atoms with van der Waals surface area (Å²) in [4.78, 5) is 4.19. The van der Waals surface area contributed by atoms with E-state index in [1.54, 1.807) is 0 Å². The van der Waals surface area contributed by atoms with Crippen LogP contribution >= 0.6 is 11.6 Å². The molecule has 1 aromatic rings. The van der Waals surface area contributed by atoms with Gasteiger partial charge in [-0.1, -0.05) is 0 Å². The van der Waals surface area contributed by atoms with Gasteiger partial charge in [0.15, 0.2) is 0 Å². The standard InChI is InChI=1S/C8H12ClN3/c1-5-6-3-2-4-7(10)12(6)8(9)11-5/h7H,2-4,10H2,1H3. The summed E-state index contributed by atoms with van der Waals surface area (Å²) in [5, 5.41) is 0.537. The van der Waals surface area contributed by atoms with Gasteiger partial charge in [-0.15, -0.1) is 0 Å². The van der Waals surface area contributed by atoms with Crippen LogP contribution in [0.5, 0.6) is 0 Å². The Kier molecular flexibility index (Phi) is 1.85. The Hall–Kier alpha value is -0.540. The van der Waals surface area contributed by atoms with Gasteiger partial charge in [0.1, 0.15) is 0 Å². The number of aryl methyl sites for hydroxylation is 1. The summed E-state index contributed by atoms with van der Waals surface area (Å²) in [6.07, 6.45) is 3.23. The van der Waals surface area contributed by atoms with Gasteiger partial charge < -0.3 is 10.3 Å². The van der Waals surface area contributed by atoms with Crippen LogP contribution in [0, 0.1) is 6.92 Å². The Balaban J connectivity index is 2.55. The van der Waals surface area contributed by atoms with Gasteiger partial charge in [0, 0.05) is 5.69 Å². The van der Waals surface area contributed by atoms with Gasteiger partial charge in [-0.25, -0.2) is 4.98 Å². The molecule has 0 amide bonds. The van der Waals surface area contributed by atoms with Crippen molar-refractivity contribution in [2.24, 2.45) is 5.73 Å². The van der Waals surface area contributed by atoms with Gasteiger partial charge in [0.05, 0.1) is 11.9 Å². The van der Waals surface area contributed by atoms with E-state index in [4.69, 9.17) is 17.3 Å². The van der Waals surface area contributed by atoms with Crippen LogP contribution in [0.1, 0.15) is 30.4 Å². The Morgan fingerprint density at radius 1 is 1.67 bits per heavy atom. The fourth-order valence-electron chi connectivity index (χ4n) is 1.79. The highest BCUT2D eigenvalue weighted by Crippen LogP contribution is 2.27. The molecule has 0 spiro atoms. The maximum Gasteiger partial charge on any atom is 0.204 e. The summed E-state index contributed by atoms with van der Waals surface area (Å²) in [6.45, 7) is 1.98. The zero-order valence-electron chi connectivity index (χ0n) is 7.05. The second kappa shape index (κ2) is 2.75. The molecule has 1 aliphatic rings. The van der Waals surface area contributed by atoms with Gasteiger partial charge in [-0.05, 0) is 37.8 Å². The minimum atomic E-state index is 0.0300. The first kappa shape index (κ1) is 8.08. The number of aromatic nitrogens is 2. The van der Waals surface area contributed by atoms with E-state index in [1.165, 1.54) is 5.69 Å². The highest BCUT2D eigenvalue weighted by Gasteiger charge is 2.21. The Morgan fingerprint density at radius 3 is 3.08 bits per heavy atom. The molecule has 12 heavy (non-hydrogen) atoms. The van der Waals surface area contributed by atoms with E-state index in [0.717, 1.165) is 25.0 Å². The minimum absolute atomic E-state index is 0.0300. The van der Waals surface area contributed by atoms with Crippen molar-refractivity contribution < 1.29 is 0 Å². The van der Waals surface area contributed by atoms with Crippen molar-refractivity contribution in [1.82, 2.24) is 9.55 Å². The van der Waals surface area contributed by atoms with Crippen LogP contribution in [0.4, 0.5) is 0 Å². The minimum Gasteiger partial charge on any atom is -0.311 e. The normalized spacial score (nSPS) is 22.4. The highest BCUT2D eigenvalue weighted by atomic mass is 35.5. The Bertz CT molecular complexity index is 305. The van der Waals surface area contributed by atoms with Crippen LogP contribution in [0.25, 0.3) is 0 Å². The number of hydrogen-bond donors (Lipinski definition) is 1. The molecule has 2 N–H and O–H groups in total. The molecule has 0 radical (unpaired) electrons. The highest BCUT2D eigenvalue weighted by molar-refractivity contribution is 6.28. The predicted octanol–water partition coefficient (Wildman–Crippen LogP) is 1.64. The van der Waals surface area contributed by atoms with Crippen LogP contribution in [-0.4, -0.2) is 9.55 Å². The first-order valence-corrected chi connectivity index (χ1v) is 4.56. The topological polar surface area (TPSA) is 43.8 Å². The first-order chi connectivity index (χ1) is 5.70. The number of fused-ring (bicyclic) bond motifs is 1. The molecule has 0 fully saturated rings. The molecule has 1 atom stereocenters. The number of nitrogens with zero attached hydrogens (tertiary/aromatic N) is 2. The number of hydrogen-bond acceptors (Lipinski definition) is 2. The van der Waals surface area contributed by atoms with Crippen molar-refractivity contribution >= 4 is 11.6 Å². The molecule has 4 heteroatoms. The molecule has 3 nitrogen and oxygen atoms in total. The molecule has 66 valence electrons. The van der Waals surface area contributed by atoms with Crippen LogP contribution in [0.2, 0.25) is 5.28 Å². The summed E-state index contributed by atoms with van der Waals surface area (Å²) < 4.78 is 1.94. The fourth-order valence-corrected chi connectivity index (χ4v) is 2.14. The molecule has 1 unspecified atom stereocenters. The van der Waals surface area contributed by atoms with Crippen LogP contribution in [0.3, 0.4) is 0 Å². The third kappa shape index (κ3) is 1.04. The summed E-state index contributed by atoms with van der Waals surface area (Å²) in [5.74, 6) is 0. The van der Waals surface area contributed by atoms with Crippen molar-refractivity contribution in [3.05, 3.63) is 16.7 Å². The van der Waals surface area contributed by atoms with E-state index in [0.29, 0.717) is 5.28 Å². The zero-order chi connectivity index (χ0) is 8.72. The maximum absolute atomic E-state index is 5.93. The van der Waals surface area contributed by atoms with Gasteiger partial charge in [0.25, 0.3) is 0 Å². The summed E-state index contributed by atoms with van der Waals surface area (Å²) in [7, 11) is 0. The van der Waals surface area contributed by atoms with Gasteiger partial charge in [0.2, 0.25) is 5.28 Å². The van der Waals surface area contributed by atoms with Gasteiger partial charge >= 0.3 is 0 Å². The first-order valence-electron chi connectivity index (χ1n) is 4.19. The average molecular weight is 186 g/mol. The Labute approximate surface area is 76.5 Å². The van der Waals surface area contributed by atoms with E-state index in [1.807, 2.05) is 11.5 Å². The average Bonchev–Trinajstić information content (AvgIpc) is 2.29. The van der Waals surface area contributed by atoms with Crippen molar-refractivity contribution in [2.45, 2.75) is 32.4 Å². The molecule has 0 saturated carbocycles. The molecule has 2 heterocycles. The number of rotatable bonds is 0. The number of imidazole rings is 1. The third-order valence-electron chi connectivity index (χ3n) is 2.41. The number of halogens is 1. The largest absolute Gasteiger partial charge is 0.311 e. The Morgan fingerprint density at radius 2 is 2.42 bits per heavy atom. The van der Waals surface area contributed by atoms with Crippen molar-refractivity contribution in [1.29, 1.82) is 0 Å². The van der Waals surface area contributed by atoms with Crippen LogP contribution in [-0.2, 0) is 6.42 Å². The molecule has 1 aliphatic heterocycles. The molecule has 1 aromatic heterocycles. The lowest BCUT2D eigenvalue weighted by atomic mass is 10.1. The van der Waals surface area contributed by atoms with Crippen LogP contribution < -0.4 is 5.73 Å². The van der Waals surface area contributed by atoms with Gasteiger partial charge in [-0.3, -0.25) is 0 Å². The molecule has 0 saturated heterocycles. The van der Waals surface area contributed by atoms with Crippen molar-refractivity contribution in [3.8, 4) is 0 Å². The van der Waals surface area contributed by atoms with Crippen molar-refractivity contribution in [3.63, 3.8) is 0 Å². The van der Waals surface area contributed by atoms with E-state index in [9.17, 15) is 0 Å². The van der Waals surface area contributed by atoms with E-state index < -0.39 is 0 Å².